The highest BCUT2D eigenvalue weighted by Crippen LogP contribution is 2.35. The predicted molar refractivity (Wildman–Crippen MR) is 129 cm³/mol. The highest BCUT2D eigenvalue weighted by Gasteiger charge is 2.12. The number of hydrogen-bond donors (Lipinski definition) is 0. The zero-order valence-corrected chi connectivity index (χ0v) is 17.2. The molecule has 0 saturated carbocycles. The van der Waals surface area contributed by atoms with E-state index in [0.29, 0.717) is 0 Å². The van der Waals surface area contributed by atoms with E-state index in [4.69, 9.17) is 4.98 Å². The lowest BCUT2D eigenvalue weighted by atomic mass is 9.94. The van der Waals surface area contributed by atoms with Gasteiger partial charge in [-0.05, 0) is 39.2 Å². The molecule has 2 heterocycles. The van der Waals surface area contributed by atoms with Gasteiger partial charge in [-0.2, -0.15) is 0 Å². The zero-order valence-electron chi connectivity index (χ0n) is 16.4. The van der Waals surface area contributed by atoms with Crippen molar-refractivity contribution in [1.82, 2.24) is 4.98 Å². The van der Waals surface area contributed by atoms with E-state index in [2.05, 4.69) is 103 Å². The Kier molecular flexibility index (Phi) is 4.10. The van der Waals surface area contributed by atoms with Crippen molar-refractivity contribution >= 4 is 43.0 Å². The fourth-order valence-corrected chi connectivity index (χ4v) is 5.42. The van der Waals surface area contributed by atoms with Crippen LogP contribution in [0, 0.1) is 0 Å². The summed E-state index contributed by atoms with van der Waals surface area (Å²) in [7, 11) is 0. The molecule has 0 bridgehead atoms. The van der Waals surface area contributed by atoms with Crippen molar-refractivity contribution in [2.45, 2.75) is 6.42 Å². The summed E-state index contributed by atoms with van der Waals surface area (Å²) in [5, 5.41) is 6.34. The maximum Gasteiger partial charge on any atom is 0.0534 e. The molecular weight excluding hydrogens is 382 g/mol. The highest BCUT2D eigenvalue weighted by molar-refractivity contribution is 7.19. The minimum atomic E-state index is 0.857. The number of rotatable bonds is 3. The molecule has 0 N–H and O–H groups in total. The van der Waals surface area contributed by atoms with Crippen LogP contribution in [0.3, 0.4) is 0 Å². The number of pyridine rings is 1. The van der Waals surface area contributed by atoms with Gasteiger partial charge in [0.2, 0.25) is 0 Å². The molecule has 2 aromatic heterocycles. The quantitative estimate of drug-likeness (QED) is 0.294. The molecule has 0 atom stereocenters. The number of benzene rings is 4. The predicted octanol–water partition coefficient (Wildman–Crippen LogP) is 7.86. The summed E-state index contributed by atoms with van der Waals surface area (Å²) in [4.78, 5) is 6.32. The molecule has 0 aliphatic heterocycles. The highest BCUT2D eigenvalue weighted by atomic mass is 32.1. The third kappa shape index (κ3) is 2.89. The van der Waals surface area contributed by atoms with Crippen LogP contribution in [0.2, 0.25) is 0 Å². The molecule has 0 aliphatic carbocycles. The third-order valence-electron chi connectivity index (χ3n) is 5.78. The molecule has 6 rings (SSSR count). The minimum absolute atomic E-state index is 0.857. The Morgan fingerprint density at radius 2 is 1.30 bits per heavy atom. The van der Waals surface area contributed by atoms with Crippen molar-refractivity contribution in [2.24, 2.45) is 0 Å². The molecule has 142 valence electrons. The van der Waals surface area contributed by atoms with Gasteiger partial charge in [-0.1, -0.05) is 84.9 Å². The van der Waals surface area contributed by atoms with Crippen LogP contribution in [0.1, 0.15) is 10.6 Å². The molecule has 4 aromatic carbocycles. The first-order chi connectivity index (χ1) is 14.9. The van der Waals surface area contributed by atoms with Gasteiger partial charge in [0.25, 0.3) is 0 Å². The third-order valence-corrected chi connectivity index (χ3v) is 6.89. The smallest absolute Gasteiger partial charge is 0.0534 e. The average molecular weight is 402 g/mol. The number of fused-ring (bicyclic) bond motifs is 3. The monoisotopic (exact) mass is 401 g/mol. The van der Waals surface area contributed by atoms with Crippen LogP contribution in [-0.2, 0) is 6.42 Å². The molecule has 0 amide bonds. The topological polar surface area (TPSA) is 12.9 Å². The molecule has 1 nitrogen and oxygen atoms in total. The van der Waals surface area contributed by atoms with E-state index < -0.39 is 0 Å². The van der Waals surface area contributed by atoms with Crippen LogP contribution < -0.4 is 0 Å². The number of aromatic nitrogens is 1. The van der Waals surface area contributed by atoms with Crippen LogP contribution in [0.25, 0.3) is 42.8 Å². The Morgan fingerprint density at radius 1 is 0.600 bits per heavy atom. The lowest BCUT2D eigenvalue weighted by molar-refractivity contribution is 1.13. The van der Waals surface area contributed by atoms with Crippen molar-refractivity contribution in [2.75, 3.05) is 0 Å². The van der Waals surface area contributed by atoms with Gasteiger partial charge < -0.3 is 0 Å². The molecule has 2 heteroatoms. The lowest BCUT2D eigenvalue weighted by Gasteiger charge is -2.12. The number of nitrogens with zero attached hydrogens (tertiary/aromatic N) is 1. The fraction of sp³-hybridized carbons (Fsp3) is 0.0357. The number of thiophene rings is 1. The molecule has 0 radical (unpaired) electrons. The van der Waals surface area contributed by atoms with E-state index in [1.54, 1.807) is 0 Å². The van der Waals surface area contributed by atoms with E-state index >= 15 is 0 Å². The Bertz CT molecular complexity index is 1490. The van der Waals surface area contributed by atoms with Crippen molar-refractivity contribution in [3.63, 3.8) is 0 Å². The second-order valence-corrected chi connectivity index (χ2v) is 8.79. The van der Waals surface area contributed by atoms with Crippen LogP contribution >= 0.6 is 11.3 Å². The van der Waals surface area contributed by atoms with Gasteiger partial charge in [0, 0.05) is 33.1 Å². The molecule has 6 aromatic rings. The summed E-state index contributed by atoms with van der Waals surface area (Å²) >= 11 is 1.86. The second-order valence-electron chi connectivity index (χ2n) is 7.62. The Morgan fingerprint density at radius 3 is 2.17 bits per heavy atom. The summed E-state index contributed by atoms with van der Waals surface area (Å²) in [6.07, 6.45) is 2.92. The van der Waals surface area contributed by atoms with Crippen molar-refractivity contribution in [1.29, 1.82) is 0 Å². The average Bonchev–Trinajstić information content (AvgIpc) is 3.21. The first-order valence-corrected chi connectivity index (χ1v) is 11.0. The Hall–Kier alpha value is -3.49. The van der Waals surface area contributed by atoms with E-state index in [0.717, 1.165) is 12.1 Å². The van der Waals surface area contributed by atoms with Crippen LogP contribution in [0.5, 0.6) is 0 Å². The Balaban J connectivity index is 1.52. The van der Waals surface area contributed by atoms with Gasteiger partial charge in [-0.15, -0.1) is 11.3 Å². The summed E-state index contributed by atoms with van der Waals surface area (Å²) in [5.41, 5.74) is 3.58. The maximum atomic E-state index is 4.96. The first kappa shape index (κ1) is 17.4. The molecular formula is C28H19NS. The van der Waals surface area contributed by atoms with Gasteiger partial charge in [-0.3, -0.25) is 4.98 Å². The Labute approximate surface area is 179 Å². The summed E-state index contributed by atoms with van der Waals surface area (Å²) in [6, 6.07) is 34.6. The van der Waals surface area contributed by atoms with Crippen molar-refractivity contribution in [3.05, 3.63) is 114 Å². The summed E-state index contributed by atoms with van der Waals surface area (Å²) < 4.78 is 1.34. The molecule has 0 unspecified atom stereocenters. The SMILES string of the molecule is c1ccc2sc(Cc3ncc(-c4cccc5ccccc45)c4ccccc34)cc2c1. The van der Waals surface area contributed by atoms with Crippen LogP contribution in [0.4, 0.5) is 0 Å². The molecule has 0 saturated heterocycles. The van der Waals surface area contributed by atoms with Crippen LogP contribution in [-0.4, -0.2) is 4.98 Å². The summed E-state index contributed by atoms with van der Waals surface area (Å²) in [6.45, 7) is 0. The van der Waals surface area contributed by atoms with Crippen LogP contribution in [0.15, 0.2) is 103 Å². The largest absolute Gasteiger partial charge is 0.260 e. The van der Waals surface area contributed by atoms with Gasteiger partial charge >= 0.3 is 0 Å². The van der Waals surface area contributed by atoms with Crippen molar-refractivity contribution < 1.29 is 0 Å². The molecule has 30 heavy (non-hydrogen) atoms. The van der Waals surface area contributed by atoms with E-state index in [1.807, 2.05) is 11.3 Å². The fourth-order valence-electron chi connectivity index (χ4n) is 4.36. The van der Waals surface area contributed by atoms with Gasteiger partial charge in [0.15, 0.2) is 0 Å². The molecule has 0 aliphatic rings. The number of hydrogen-bond acceptors (Lipinski definition) is 2. The molecule has 0 fully saturated rings. The van der Waals surface area contributed by atoms with E-state index in [9.17, 15) is 0 Å². The standard InChI is InChI=1S/C28H19NS/c1-3-11-22-19(8-1)10-7-14-23(22)26-18-29-27(25-13-5-4-12-24(25)26)17-21-16-20-9-2-6-15-28(20)30-21/h1-16,18H,17H2. The first-order valence-electron chi connectivity index (χ1n) is 10.2. The summed E-state index contributed by atoms with van der Waals surface area (Å²) in [5.74, 6) is 0. The van der Waals surface area contributed by atoms with Gasteiger partial charge in [0.1, 0.15) is 0 Å². The van der Waals surface area contributed by atoms with Crippen molar-refractivity contribution in [3.8, 4) is 11.1 Å². The zero-order chi connectivity index (χ0) is 19.9. The van der Waals surface area contributed by atoms with Gasteiger partial charge in [-0.25, -0.2) is 0 Å². The second kappa shape index (κ2) is 7.08. The molecule has 0 spiro atoms. The normalized spacial score (nSPS) is 11.5. The van der Waals surface area contributed by atoms with E-state index in [-0.39, 0.29) is 0 Å². The lowest BCUT2D eigenvalue weighted by Crippen LogP contribution is -1.94. The maximum absolute atomic E-state index is 4.96. The van der Waals surface area contributed by atoms with Gasteiger partial charge in [0.05, 0.1) is 5.69 Å². The minimum Gasteiger partial charge on any atom is -0.260 e. The van der Waals surface area contributed by atoms with E-state index in [1.165, 1.54) is 47.6 Å².